The topological polar surface area (TPSA) is 99.6 Å². The zero-order valence-corrected chi connectivity index (χ0v) is 27.2. The number of alkyl halides is 5. The van der Waals surface area contributed by atoms with Gasteiger partial charge < -0.3 is 14.2 Å². The Hall–Kier alpha value is -4.20. The molecular weight excluding hydrogens is 633 g/mol. The summed E-state index contributed by atoms with van der Waals surface area (Å²) in [7, 11) is -2.54. The van der Waals surface area contributed by atoms with Gasteiger partial charge in [0.1, 0.15) is 17.0 Å². The number of anilines is 1. The standard InChI is InChI=1S/C32H34F5N3O5S/c1-29(2,3)44-27-24(17-38-28(39-27)45-30(4,5)6)21-15-23(26(43-7)25(16-21)31(33,34)32(35,36)37)20-10-9-19-14-22(40-46(8,41)42)12-11-18(19)13-20/h9-17,40H,1-8H3. The summed E-state index contributed by atoms with van der Waals surface area (Å²) in [5.74, 6) is -6.09. The van der Waals surface area contributed by atoms with Crippen LogP contribution in [0, 0.1) is 0 Å². The maximum atomic E-state index is 15.2. The van der Waals surface area contributed by atoms with Crippen molar-refractivity contribution in [1.29, 1.82) is 0 Å². The fourth-order valence-corrected chi connectivity index (χ4v) is 5.09. The molecule has 0 unspecified atom stereocenters. The molecular formula is C32H34F5N3O5S. The van der Waals surface area contributed by atoms with Gasteiger partial charge in [0.2, 0.25) is 15.9 Å². The van der Waals surface area contributed by atoms with Gasteiger partial charge in [-0.05, 0) is 93.8 Å². The molecule has 14 heteroatoms. The molecule has 0 atom stereocenters. The summed E-state index contributed by atoms with van der Waals surface area (Å²) >= 11 is 0. The van der Waals surface area contributed by atoms with Gasteiger partial charge in [-0.3, -0.25) is 4.72 Å². The Balaban J connectivity index is 2.01. The number of fused-ring (bicyclic) bond motifs is 1. The van der Waals surface area contributed by atoms with Gasteiger partial charge >= 0.3 is 18.1 Å². The van der Waals surface area contributed by atoms with Gasteiger partial charge in [0, 0.05) is 17.4 Å². The highest BCUT2D eigenvalue weighted by atomic mass is 32.2. The lowest BCUT2D eigenvalue weighted by molar-refractivity contribution is -0.289. The molecule has 0 fully saturated rings. The predicted molar refractivity (Wildman–Crippen MR) is 166 cm³/mol. The van der Waals surface area contributed by atoms with E-state index in [1.807, 2.05) is 0 Å². The number of hydrogen-bond donors (Lipinski definition) is 1. The van der Waals surface area contributed by atoms with Crippen molar-refractivity contribution in [1.82, 2.24) is 9.97 Å². The van der Waals surface area contributed by atoms with Crippen molar-refractivity contribution in [3.8, 4) is 39.9 Å². The van der Waals surface area contributed by atoms with Crippen molar-refractivity contribution >= 4 is 26.5 Å². The van der Waals surface area contributed by atoms with E-state index in [-0.39, 0.29) is 34.1 Å². The van der Waals surface area contributed by atoms with Crippen LogP contribution >= 0.6 is 0 Å². The van der Waals surface area contributed by atoms with Crippen LogP contribution in [0.1, 0.15) is 47.1 Å². The maximum Gasteiger partial charge on any atom is 0.458 e. The number of nitrogens with one attached hydrogen (secondary N) is 1. The molecule has 0 aliphatic heterocycles. The van der Waals surface area contributed by atoms with E-state index in [2.05, 4.69) is 14.7 Å². The van der Waals surface area contributed by atoms with Crippen LogP contribution in [0.4, 0.5) is 27.6 Å². The minimum Gasteiger partial charge on any atom is -0.496 e. The second kappa shape index (κ2) is 11.9. The molecule has 8 nitrogen and oxygen atoms in total. The number of hydrogen-bond acceptors (Lipinski definition) is 7. The zero-order valence-electron chi connectivity index (χ0n) is 26.4. The Kier molecular flexibility index (Phi) is 8.94. The largest absolute Gasteiger partial charge is 0.496 e. The maximum absolute atomic E-state index is 15.2. The number of rotatable bonds is 8. The van der Waals surface area contributed by atoms with Gasteiger partial charge in [-0.2, -0.15) is 26.9 Å². The van der Waals surface area contributed by atoms with Crippen molar-refractivity contribution in [2.75, 3.05) is 18.1 Å². The summed E-state index contributed by atoms with van der Waals surface area (Å²) in [5.41, 5.74) is -2.55. The van der Waals surface area contributed by atoms with Gasteiger partial charge in [0.25, 0.3) is 0 Å². The first-order chi connectivity index (χ1) is 21.0. The van der Waals surface area contributed by atoms with Crippen molar-refractivity contribution in [2.24, 2.45) is 0 Å². The SMILES string of the molecule is COc1c(-c2ccc3cc(NS(C)(=O)=O)ccc3c2)cc(-c2cnc(OC(C)(C)C)nc2OC(C)(C)C)cc1C(F)(F)C(F)(F)F. The Morgan fingerprint density at radius 3 is 1.93 bits per heavy atom. The summed E-state index contributed by atoms with van der Waals surface area (Å²) in [5, 5.41) is 1.13. The molecule has 46 heavy (non-hydrogen) atoms. The Morgan fingerprint density at radius 1 is 0.761 bits per heavy atom. The minimum absolute atomic E-state index is 0.0385. The molecule has 4 aromatic rings. The van der Waals surface area contributed by atoms with Crippen molar-refractivity contribution in [2.45, 2.75) is 64.8 Å². The molecule has 0 aliphatic carbocycles. The molecule has 0 spiro atoms. The van der Waals surface area contributed by atoms with E-state index in [1.54, 1.807) is 65.8 Å². The van der Waals surface area contributed by atoms with Crippen molar-refractivity contribution in [3.05, 3.63) is 60.3 Å². The fourth-order valence-electron chi connectivity index (χ4n) is 4.54. The van der Waals surface area contributed by atoms with Crippen LogP contribution in [-0.4, -0.2) is 49.1 Å². The van der Waals surface area contributed by atoms with E-state index in [0.29, 0.717) is 22.5 Å². The highest BCUT2D eigenvalue weighted by Gasteiger charge is 2.60. The van der Waals surface area contributed by atoms with Crippen LogP contribution in [0.2, 0.25) is 0 Å². The molecule has 0 saturated heterocycles. The number of nitrogens with zero attached hydrogens (tertiary/aromatic N) is 2. The van der Waals surface area contributed by atoms with Gasteiger partial charge in [-0.15, -0.1) is 0 Å². The first kappa shape index (κ1) is 34.7. The molecule has 1 N–H and O–H groups in total. The number of aromatic nitrogens is 2. The van der Waals surface area contributed by atoms with Crippen LogP contribution in [0.5, 0.6) is 17.6 Å². The Labute approximate surface area is 264 Å². The summed E-state index contributed by atoms with van der Waals surface area (Å²) in [6, 6.07) is 11.3. The van der Waals surface area contributed by atoms with Gasteiger partial charge in [-0.1, -0.05) is 18.2 Å². The number of benzene rings is 3. The molecule has 3 aromatic carbocycles. The Morgan fingerprint density at radius 2 is 1.37 bits per heavy atom. The first-order valence-electron chi connectivity index (χ1n) is 13.9. The molecule has 0 radical (unpaired) electrons. The van der Waals surface area contributed by atoms with Crippen LogP contribution in [0.3, 0.4) is 0 Å². The van der Waals surface area contributed by atoms with Gasteiger partial charge in [0.05, 0.1) is 24.5 Å². The second-order valence-corrected chi connectivity index (χ2v) is 14.4. The van der Waals surface area contributed by atoms with Crippen molar-refractivity contribution in [3.63, 3.8) is 0 Å². The molecule has 0 aliphatic rings. The van der Waals surface area contributed by atoms with E-state index in [1.165, 1.54) is 24.4 Å². The monoisotopic (exact) mass is 667 g/mol. The lowest BCUT2D eigenvalue weighted by atomic mass is 9.91. The summed E-state index contributed by atoms with van der Waals surface area (Å²) in [6.07, 6.45) is -3.71. The quantitative estimate of drug-likeness (QED) is 0.189. The van der Waals surface area contributed by atoms with E-state index in [4.69, 9.17) is 14.2 Å². The van der Waals surface area contributed by atoms with Gasteiger partial charge in [0.15, 0.2) is 0 Å². The van der Waals surface area contributed by atoms with Crippen LogP contribution in [-0.2, 0) is 15.9 Å². The Bertz CT molecular complexity index is 1880. The second-order valence-electron chi connectivity index (χ2n) is 12.6. The highest BCUT2D eigenvalue weighted by molar-refractivity contribution is 7.92. The van der Waals surface area contributed by atoms with E-state index in [9.17, 15) is 21.6 Å². The first-order valence-corrected chi connectivity index (χ1v) is 15.8. The third-order valence-corrected chi connectivity index (χ3v) is 6.89. The normalized spacial score (nSPS) is 13.1. The van der Waals surface area contributed by atoms with E-state index >= 15 is 8.78 Å². The van der Waals surface area contributed by atoms with Crippen molar-refractivity contribution < 1.29 is 44.6 Å². The lowest BCUT2D eigenvalue weighted by Crippen LogP contribution is -2.34. The number of ether oxygens (including phenoxy) is 3. The van der Waals surface area contributed by atoms with Crippen LogP contribution < -0.4 is 18.9 Å². The predicted octanol–water partition coefficient (Wildman–Crippen LogP) is 8.35. The number of halogens is 5. The highest BCUT2D eigenvalue weighted by Crippen LogP contribution is 2.51. The van der Waals surface area contributed by atoms with E-state index in [0.717, 1.165) is 13.4 Å². The average Bonchev–Trinajstić information content (AvgIpc) is 2.89. The molecule has 0 amide bonds. The average molecular weight is 668 g/mol. The molecule has 0 saturated carbocycles. The lowest BCUT2D eigenvalue weighted by Gasteiger charge is -2.26. The summed E-state index contributed by atoms with van der Waals surface area (Å²) in [6.45, 7) is 10.5. The number of methoxy groups -OCH3 is 1. The minimum atomic E-state index is -5.95. The molecule has 248 valence electrons. The third-order valence-electron chi connectivity index (χ3n) is 6.28. The smallest absolute Gasteiger partial charge is 0.458 e. The molecule has 1 heterocycles. The number of sulfonamides is 1. The van der Waals surface area contributed by atoms with E-state index < -0.39 is 44.6 Å². The molecule has 1 aromatic heterocycles. The molecule has 0 bridgehead atoms. The van der Waals surface area contributed by atoms with Crippen LogP contribution in [0.15, 0.2) is 54.7 Å². The zero-order chi connectivity index (χ0) is 34.5. The van der Waals surface area contributed by atoms with Gasteiger partial charge in [-0.25, -0.2) is 13.4 Å². The summed E-state index contributed by atoms with van der Waals surface area (Å²) < 4.78 is 115. The van der Waals surface area contributed by atoms with Crippen LogP contribution in [0.25, 0.3) is 33.0 Å². The third kappa shape index (κ3) is 7.95. The fraction of sp³-hybridized carbons (Fsp3) is 0.375. The summed E-state index contributed by atoms with van der Waals surface area (Å²) in [4.78, 5) is 8.52. The molecule has 4 rings (SSSR count).